The van der Waals surface area contributed by atoms with Crippen LogP contribution in [0.4, 0.5) is 0 Å². The topological polar surface area (TPSA) is 58.4 Å². The normalized spacial score (nSPS) is 21.4. The molecule has 0 aromatic carbocycles. The molecule has 1 aromatic rings. The SMILES string of the molecule is Cc1c(CN2CC(O)CC2=O)cnn1C. The maximum Gasteiger partial charge on any atom is 0.225 e. The molecule has 1 aliphatic heterocycles. The van der Waals surface area contributed by atoms with Crippen molar-refractivity contribution in [1.29, 1.82) is 0 Å². The summed E-state index contributed by atoms with van der Waals surface area (Å²) in [5.41, 5.74) is 2.10. The van der Waals surface area contributed by atoms with Crippen LogP contribution in [-0.2, 0) is 18.4 Å². The lowest BCUT2D eigenvalue weighted by molar-refractivity contribution is -0.128. The average Bonchev–Trinajstić information content (AvgIpc) is 2.64. The van der Waals surface area contributed by atoms with Crippen molar-refractivity contribution >= 4 is 5.91 Å². The first-order valence-corrected chi connectivity index (χ1v) is 5.01. The van der Waals surface area contributed by atoms with Gasteiger partial charge in [0.25, 0.3) is 0 Å². The van der Waals surface area contributed by atoms with Crippen molar-refractivity contribution in [3.05, 3.63) is 17.5 Å². The minimum atomic E-state index is -0.505. The number of amides is 1. The van der Waals surface area contributed by atoms with Gasteiger partial charge in [-0.3, -0.25) is 9.48 Å². The number of rotatable bonds is 2. The standard InChI is InChI=1S/C10H15N3O2/c1-7-8(4-11-12(7)2)5-13-6-9(14)3-10(13)15/h4,9,14H,3,5-6H2,1-2H3. The van der Waals surface area contributed by atoms with E-state index in [0.717, 1.165) is 11.3 Å². The van der Waals surface area contributed by atoms with E-state index in [1.165, 1.54) is 0 Å². The van der Waals surface area contributed by atoms with Crippen molar-refractivity contribution in [2.45, 2.75) is 26.0 Å². The van der Waals surface area contributed by atoms with Crippen molar-refractivity contribution in [3.63, 3.8) is 0 Å². The second-order valence-electron chi connectivity index (χ2n) is 4.01. The van der Waals surface area contributed by atoms with E-state index >= 15 is 0 Å². The van der Waals surface area contributed by atoms with Crippen molar-refractivity contribution in [2.24, 2.45) is 7.05 Å². The van der Waals surface area contributed by atoms with Gasteiger partial charge < -0.3 is 10.0 Å². The van der Waals surface area contributed by atoms with Gasteiger partial charge in [0.05, 0.1) is 18.7 Å². The Bertz CT molecular complexity index is 386. The highest BCUT2D eigenvalue weighted by molar-refractivity contribution is 5.79. The van der Waals surface area contributed by atoms with Crippen molar-refractivity contribution < 1.29 is 9.90 Å². The van der Waals surface area contributed by atoms with Crippen molar-refractivity contribution in [1.82, 2.24) is 14.7 Å². The Kier molecular flexibility index (Phi) is 2.48. The molecule has 0 aliphatic carbocycles. The first-order chi connectivity index (χ1) is 7.08. The van der Waals surface area contributed by atoms with Crippen LogP contribution in [0.1, 0.15) is 17.7 Å². The van der Waals surface area contributed by atoms with Crippen LogP contribution in [0, 0.1) is 6.92 Å². The number of likely N-dealkylation sites (tertiary alicyclic amines) is 1. The Labute approximate surface area is 88.3 Å². The third-order valence-corrected chi connectivity index (χ3v) is 2.89. The second kappa shape index (κ2) is 3.66. The summed E-state index contributed by atoms with van der Waals surface area (Å²) in [5.74, 6) is 0.0192. The number of β-amino-alcohol motifs (C(OH)–C–C–N with tert-alkyl or cyclic N) is 1. The third-order valence-electron chi connectivity index (χ3n) is 2.89. The fourth-order valence-corrected chi connectivity index (χ4v) is 1.81. The molecule has 0 bridgehead atoms. The first kappa shape index (κ1) is 10.2. The van der Waals surface area contributed by atoms with E-state index in [1.54, 1.807) is 15.8 Å². The molecule has 15 heavy (non-hydrogen) atoms. The highest BCUT2D eigenvalue weighted by Crippen LogP contribution is 2.16. The van der Waals surface area contributed by atoms with E-state index in [9.17, 15) is 9.90 Å². The number of aryl methyl sites for hydroxylation is 1. The molecule has 1 atom stereocenters. The third kappa shape index (κ3) is 1.87. The largest absolute Gasteiger partial charge is 0.391 e. The summed E-state index contributed by atoms with van der Waals surface area (Å²) in [6.45, 7) is 2.96. The molecular weight excluding hydrogens is 194 g/mol. The van der Waals surface area contributed by atoms with Gasteiger partial charge in [-0.05, 0) is 6.92 Å². The van der Waals surface area contributed by atoms with Gasteiger partial charge in [0.15, 0.2) is 0 Å². The Morgan fingerprint density at radius 3 is 2.87 bits per heavy atom. The molecule has 1 saturated heterocycles. The van der Waals surface area contributed by atoms with E-state index in [4.69, 9.17) is 0 Å². The maximum atomic E-state index is 11.4. The highest BCUT2D eigenvalue weighted by atomic mass is 16.3. The number of aromatic nitrogens is 2. The van der Waals surface area contributed by atoms with Gasteiger partial charge in [0.2, 0.25) is 5.91 Å². The molecule has 0 spiro atoms. The van der Waals surface area contributed by atoms with Crippen LogP contribution >= 0.6 is 0 Å². The lowest BCUT2D eigenvalue weighted by Gasteiger charge is -2.14. The highest BCUT2D eigenvalue weighted by Gasteiger charge is 2.28. The molecule has 1 N–H and O–H groups in total. The van der Waals surface area contributed by atoms with E-state index in [1.807, 2.05) is 14.0 Å². The van der Waals surface area contributed by atoms with Gasteiger partial charge in [-0.15, -0.1) is 0 Å². The van der Waals surface area contributed by atoms with E-state index < -0.39 is 6.10 Å². The summed E-state index contributed by atoms with van der Waals surface area (Å²) in [4.78, 5) is 13.1. The van der Waals surface area contributed by atoms with Crippen molar-refractivity contribution in [3.8, 4) is 0 Å². The lowest BCUT2D eigenvalue weighted by atomic mass is 10.2. The summed E-state index contributed by atoms with van der Waals surface area (Å²) in [5, 5.41) is 13.5. The number of hydrogen-bond donors (Lipinski definition) is 1. The van der Waals surface area contributed by atoms with Crippen LogP contribution in [0.3, 0.4) is 0 Å². The fraction of sp³-hybridized carbons (Fsp3) is 0.600. The van der Waals surface area contributed by atoms with E-state index in [0.29, 0.717) is 13.1 Å². The number of aliphatic hydroxyl groups excluding tert-OH is 1. The van der Waals surface area contributed by atoms with Crippen LogP contribution in [0.2, 0.25) is 0 Å². The zero-order chi connectivity index (χ0) is 11.0. The molecule has 0 saturated carbocycles. The predicted molar refractivity (Wildman–Crippen MR) is 54.0 cm³/mol. The molecule has 2 rings (SSSR count). The van der Waals surface area contributed by atoms with E-state index in [2.05, 4.69) is 5.10 Å². The van der Waals surface area contributed by atoms with Crippen LogP contribution in [-0.4, -0.2) is 38.3 Å². The summed E-state index contributed by atoms with van der Waals surface area (Å²) in [6.07, 6.45) is 1.52. The molecule has 1 fully saturated rings. The molecule has 82 valence electrons. The van der Waals surface area contributed by atoms with Gasteiger partial charge in [-0.25, -0.2) is 0 Å². The molecule has 2 heterocycles. The Hall–Kier alpha value is -1.36. The predicted octanol–water partition coefficient (Wildman–Crippen LogP) is -0.178. The van der Waals surface area contributed by atoms with Crippen LogP contribution < -0.4 is 0 Å². The Morgan fingerprint density at radius 1 is 1.67 bits per heavy atom. The Balaban J connectivity index is 2.09. The lowest BCUT2D eigenvalue weighted by Crippen LogP contribution is -2.25. The quantitative estimate of drug-likeness (QED) is 0.735. The molecule has 1 aromatic heterocycles. The number of hydrogen-bond acceptors (Lipinski definition) is 3. The smallest absolute Gasteiger partial charge is 0.225 e. The Morgan fingerprint density at radius 2 is 2.40 bits per heavy atom. The zero-order valence-electron chi connectivity index (χ0n) is 8.97. The van der Waals surface area contributed by atoms with Crippen molar-refractivity contribution in [2.75, 3.05) is 6.54 Å². The van der Waals surface area contributed by atoms with Gasteiger partial charge >= 0.3 is 0 Å². The second-order valence-corrected chi connectivity index (χ2v) is 4.01. The number of carbonyl (C=O) groups excluding carboxylic acids is 1. The zero-order valence-corrected chi connectivity index (χ0v) is 8.97. The molecule has 1 amide bonds. The summed E-state index contributed by atoms with van der Waals surface area (Å²) < 4.78 is 1.78. The average molecular weight is 209 g/mol. The number of nitrogens with zero attached hydrogens (tertiary/aromatic N) is 3. The van der Waals surface area contributed by atoms with Gasteiger partial charge in [-0.2, -0.15) is 5.10 Å². The minimum absolute atomic E-state index is 0.0192. The minimum Gasteiger partial charge on any atom is -0.391 e. The summed E-state index contributed by atoms with van der Waals surface area (Å²) in [7, 11) is 1.87. The monoisotopic (exact) mass is 209 g/mol. The summed E-state index contributed by atoms with van der Waals surface area (Å²) in [6, 6.07) is 0. The molecule has 1 unspecified atom stereocenters. The van der Waals surface area contributed by atoms with E-state index in [-0.39, 0.29) is 12.3 Å². The number of aliphatic hydroxyl groups is 1. The summed E-state index contributed by atoms with van der Waals surface area (Å²) >= 11 is 0. The molecule has 5 nitrogen and oxygen atoms in total. The molecule has 1 aliphatic rings. The van der Waals surface area contributed by atoms with Crippen LogP contribution in [0.5, 0.6) is 0 Å². The van der Waals surface area contributed by atoms with Gasteiger partial charge in [0.1, 0.15) is 0 Å². The van der Waals surface area contributed by atoms with Crippen LogP contribution in [0.15, 0.2) is 6.20 Å². The fourth-order valence-electron chi connectivity index (χ4n) is 1.81. The molecular formula is C10H15N3O2. The number of carbonyl (C=O) groups is 1. The van der Waals surface area contributed by atoms with Crippen LogP contribution in [0.25, 0.3) is 0 Å². The van der Waals surface area contributed by atoms with Gasteiger partial charge in [-0.1, -0.05) is 0 Å². The molecule has 5 heteroatoms. The first-order valence-electron chi connectivity index (χ1n) is 5.01. The maximum absolute atomic E-state index is 11.4. The van der Waals surface area contributed by atoms with Gasteiger partial charge in [0, 0.05) is 31.4 Å². The molecule has 0 radical (unpaired) electrons.